The van der Waals surface area contributed by atoms with Gasteiger partial charge in [-0.05, 0) is 31.7 Å². The first-order valence-corrected chi connectivity index (χ1v) is 6.72. The number of rotatable bonds is 10. The number of hydrogen-bond acceptors (Lipinski definition) is 3. The van der Waals surface area contributed by atoms with Gasteiger partial charge in [0.05, 0.1) is 0 Å². The summed E-state index contributed by atoms with van der Waals surface area (Å²) in [5.74, 6) is 0.466. The number of carbonyl (C=O) groups is 1. The van der Waals surface area contributed by atoms with Gasteiger partial charge in [-0.1, -0.05) is 26.7 Å². The van der Waals surface area contributed by atoms with Crippen molar-refractivity contribution in [3.8, 4) is 0 Å². The van der Waals surface area contributed by atoms with E-state index in [9.17, 15) is 4.79 Å². The van der Waals surface area contributed by atoms with E-state index in [1.54, 1.807) is 0 Å². The molecule has 17 heavy (non-hydrogen) atoms. The predicted molar refractivity (Wildman–Crippen MR) is 70.6 cm³/mol. The summed E-state index contributed by atoms with van der Waals surface area (Å²) in [4.78, 5) is 11.6. The molecule has 0 aliphatic carbocycles. The average Bonchev–Trinajstić information content (AvgIpc) is 2.28. The molecule has 0 rings (SSSR count). The molecule has 0 fully saturated rings. The van der Waals surface area contributed by atoms with Crippen LogP contribution < -0.4 is 11.1 Å². The summed E-state index contributed by atoms with van der Waals surface area (Å²) in [6.07, 6.45) is 5.36. The largest absolute Gasteiger partial charge is 0.396 e. The second kappa shape index (κ2) is 10.5. The normalized spacial score (nSPS) is 12.8. The summed E-state index contributed by atoms with van der Waals surface area (Å²) >= 11 is 0. The van der Waals surface area contributed by atoms with Crippen molar-refractivity contribution in [2.24, 2.45) is 11.7 Å². The topological polar surface area (TPSA) is 75.3 Å². The van der Waals surface area contributed by atoms with E-state index >= 15 is 0 Å². The van der Waals surface area contributed by atoms with Crippen molar-refractivity contribution in [2.45, 2.75) is 58.4 Å². The van der Waals surface area contributed by atoms with E-state index in [1.165, 1.54) is 0 Å². The molecule has 0 aromatic rings. The molecule has 0 aliphatic heterocycles. The number of carbonyl (C=O) groups excluding carboxylic acids is 1. The first-order chi connectivity index (χ1) is 8.11. The van der Waals surface area contributed by atoms with Gasteiger partial charge in [0.1, 0.15) is 0 Å². The fraction of sp³-hybridized carbons (Fsp3) is 0.923. The van der Waals surface area contributed by atoms with Gasteiger partial charge >= 0.3 is 0 Å². The second-order valence-corrected chi connectivity index (χ2v) is 4.88. The van der Waals surface area contributed by atoms with Crippen molar-refractivity contribution in [1.29, 1.82) is 0 Å². The van der Waals surface area contributed by atoms with E-state index in [4.69, 9.17) is 10.8 Å². The Hall–Kier alpha value is -0.610. The molecular formula is C13H28N2O2. The minimum atomic E-state index is 0.0940. The summed E-state index contributed by atoms with van der Waals surface area (Å²) in [5, 5.41) is 11.9. The van der Waals surface area contributed by atoms with Crippen molar-refractivity contribution < 1.29 is 9.90 Å². The predicted octanol–water partition coefficient (Wildman–Crippen LogP) is 1.42. The van der Waals surface area contributed by atoms with Crippen molar-refractivity contribution in [2.75, 3.05) is 13.2 Å². The molecule has 4 heteroatoms. The number of aliphatic hydroxyl groups is 1. The second-order valence-electron chi connectivity index (χ2n) is 4.88. The van der Waals surface area contributed by atoms with Gasteiger partial charge < -0.3 is 16.2 Å². The average molecular weight is 244 g/mol. The number of aliphatic hydroxyl groups excluding tert-OH is 1. The van der Waals surface area contributed by atoms with Gasteiger partial charge in [-0.15, -0.1) is 0 Å². The Morgan fingerprint density at radius 1 is 1.24 bits per heavy atom. The van der Waals surface area contributed by atoms with Crippen LogP contribution in [0.15, 0.2) is 0 Å². The van der Waals surface area contributed by atoms with Crippen LogP contribution in [0.3, 0.4) is 0 Å². The fourth-order valence-corrected chi connectivity index (χ4v) is 1.77. The molecule has 1 atom stereocenters. The molecule has 0 spiro atoms. The lowest BCUT2D eigenvalue weighted by molar-refractivity contribution is -0.122. The lowest BCUT2D eigenvalue weighted by Crippen LogP contribution is -2.39. The summed E-state index contributed by atoms with van der Waals surface area (Å²) in [5.41, 5.74) is 5.40. The Morgan fingerprint density at radius 3 is 2.41 bits per heavy atom. The van der Waals surface area contributed by atoms with Crippen LogP contribution in [0.5, 0.6) is 0 Å². The highest BCUT2D eigenvalue weighted by atomic mass is 16.3. The lowest BCUT2D eigenvalue weighted by Gasteiger charge is -2.21. The van der Waals surface area contributed by atoms with Crippen LogP contribution in [0.25, 0.3) is 0 Å². The molecule has 0 aliphatic rings. The molecule has 0 saturated heterocycles. The quantitative estimate of drug-likeness (QED) is 0.509. The van der Waals surface area contributed by atoms with E-state index in [2.05, 4.69) is 19.2 Å². The molecule has 1 amide bonds. The number of unbranched alkanes of at least 4 members (excludes halogenated alkanes) is 3. The van der Waals surface area contributed by atoms with Crippen molar-refractivity contribution in [1.82, 2.24) is 5.32 Å². The highest BCUT2D eigenvalue weighted by molar-refractivity contribution is 5.76. The standard InChI is InChI=1S/C13H28N2O2/c1-11(2)12(8-10-16)15-13(17)7-5-3-4-6-9-14/h11-12,16H,3-10,14H2,1-2H3,(H,15,17). The van der Waals surface area contributed by atoms with E-state index in [1.807, 2.05) is 0 Å². The number of amides is 1. The van der Waals surface area contributed by atoms with Crippen LogP contribution in [0.1, 0.15) is 52.4 Å². The first kappa shape index (κ1) is 16.4. The third-order valence-corrected chi connectivity index (χ3v) is 2.95. The molecule has 0 radical (unpaired) electrons. The van der Waals surface area contributed by atoms with Crippen molar-refractivity contribution in [3.05, 3.63) is 0 Å². The highest BCUT2D eigenvalue weighted by Gasteiger charge is 2.14. The maximum absolute atomic E-state index is 11.6. The lowest BCUT2D eigenvalue weighted by atomic mass is 10.0. The Morgan fingerprint density at radius 2 is 1.88 bits per heavy atom. The van der Waals surface area contributed by atoms with Gasteiger partial charge in [0.2, 0.25) is 5.91 Å². The van der Waals surface area contributed by atoms with Crippen LogP contribution in [0.4, 0.5) is 0 Å². The van der Waals surface area contributed by atoms with Gasteiger partial charge in [-0.2, -0.15) is 0 Å². The summed E-state index contributed by atoms with van der Waals surface area (Å²) in [6.45, 7) is 4.97. The molecular weight excluding hydrogens is 216 g/mol. The molecule has 4 nitrogen and oxygen atoms in total. The fourth-order valence-electron chi connectivity index (χ4n) is 1.77. The maximum Gasteiger partial charge on any atom is 0.220 e. The molecule has 1 unspecified atom stereocenters. The smallest absolute Gasteiger partial charge is 0.220 e. The Kier molecular flexibility index (Phi) is 10.2. The van der Waals surface area contributed by atoms with Crippen LogP contribution in [0, 0.1) is 5.92 Å². The minimum absolute atomic E-state index is 0.0940. The molecule has 0 heterocycles. The van der Waals surface area contributed by atoms with Crippen LogP contribution in [-0.4, -0.2) is 30.2 Å². The van der Waals surface area contributed by atoms with E-state index in [0.29, 0.717) is 18.8 Å². The zero-order valence-electron chi connectivity index (χ0n) is 11.2. The Labute approximate surface area is 105 Å². The molecule has 0 aromatic carbocycles. The summed E-state index contributed by atoms with van der Waals surface area (Å²) < 4.78 is 0. The molecule has 0 saturated carbocycles. The summed E-state index contributed by atoms with van der Waals surface area (Å²) in [6, 6.07) is 0.0940. The van der Waals surface area contributed by atoms with E-state index in [0.717, 1.165) is 32.2 Å². The molecule has 0 bridgehead atoms. The first-order valence-electron chi connectivity index (χ1n) is 6.72. The number of hydrogen-bond donors (Lipinski definition) is 3. The molecule has 0 aromatic heterocycles. The van der Waals surface area contributed by atoms with Gasteiger partial charge in [0, 0.05) is 19.1 Å². The van der Waals surface area contributed by atoms with E-state index in [-0.39, 0.29) is 18.6 Å². The van der Waals surface area contributed by atoms with Gasteiger partial charge in [0.15, 0.2) is 0 Å². The third-order valence-electron chi connectivity index (χ3n) is 2.95. The maximum atomic E-state index is 11.6. The SMILES string of the molecule is CC(C)C(CCO)NC(=O)CCCCCCN. The van der Waals surface area contributed by atoms with Gasteiger partial charge in [-0.25, -0.2) is 0 Å². The van der Waals surface area contributed by atoms with Crippen LogP contribution in [-0.2, 0) is 4.79 Å². The zero-order valence-corrected chi connectivity index (χ0v) is 11.2. The number of nitrogens with two attached hydrogens (primary N) is 1. The van der Waals surface area contributed by atoms with Crippen LogP contribution >= 0.6 is 0 Å². The van der Waals surface area contributed by atoms with Crippen molar-refractivity contribution in [3.63, 3.8) is 0 Å². The minimum Gasteiger partial charge on any atom is -0.396 e. The van der Waals surface area contributed by atoms with Crippen molar-refractivity contribution >= 4 is 5.91 Å². The molecule has 4 N–H and O–H groups in total. The zero-order chi connectivity index (χ0) is 13.1. The molecule has 102 valence electrons. The third kappa shape index (κ3) is 9.12. The monoisotopic (exact) mass is 244 g/mol. The van der Waals surface area contributed by atoms with Gasteiger partial charge in [0.25, 0.3) is 0 Å². The summed E-state index contributed by atoms with van der Waals surface area (Å²) in [7, 11) is 0. The van der Waals surface area contributed by atoms with Gasteiger partial charge in [-0.3, -0.25) is 4.79 Å². The number of nitrogens with one attached hydrogen (secondary N) is 1. The van der Waals surface area contributed by atoms with E-state index < -0.39 is 0 Å². The highest BCUT2D eigenvalue weighted by Crippen LogP contribution is 2.07. The van der Waals surface area contributed by atoms with Crippen LogP contribution in [0.2, 0.25) is 0 Å². The Bertz CT molecular complexity index is 196. The Balaban J connectivity index is 3.67.